The number of piperidine rings is 1. The summed E-state index contributed by atoms with van der Waals surface area (Å²) in [6.07, 6.45) is 1.55. The highest BCUT2D eigenvalue weighted by Crippen LogP contribution is 2.13. The van der Waals surface area contributed by atoms with Crippen LogP contribution in [0.3, 0.4) is 0 Å². The van der Waals surface area contributed by atoms with Gasteiger partial charge in [-0.2, -0.15) is 0 Å². The highest BCUT2D eigenvalue weighted by Gasteiger charge is 2.22. The van der Waals surface area contributed by atoms with E-state index in [0.29, 0.717) is 12.3 Å². The maximum Gasteiger partial charge on any atom is 0.220 e. The van der Waals surface area contributed by atoms with E-state index in [2.05, 4.69) is 17.6 Å². The zero-order valence-corrected chi connectivity index (χ0v) is 13.2. The molecule has 1 aromatic heterocycles. The lowest BCUT2D eigenvalue weighted by atomic mass is 9.95. The predicted molar refractivity (Wildman–Crippen MR) is 83.7 cm³/mol. The second-order valence-electron chi connectivity index (χ2n) is 5.04. The lowest BCUT2D eigenvalue weighted by Gasteiger charge is -2.30. The third-order valence-corrected chi connectivity index (χ3v) is 4.42. The lowest BCUT2D eigenvalue weighted by Crippen LogP contribution is -2.48. The predicted octanol–water partition coefficient (Wildman–Crippen LogP) is 2.25. The highest BCUT2D eigenvalue weighted by molar-refractivity contribution is 7.12. The van der Waals surface area contributed by atoms with Crippen molar-refractivity contribution in [1.29, 1.82) is 0 Å². The molecule has 1 aliphatic heterocycles. The molecule has 1 aliphatic rings. The van der Waals surface area contributed by atoms with E-state index in [1.54, 1.807) is 6.07 Å². The van der Waals surface area contributed by atoms with Crippen molar-refractivity contribution in [3.05, 3.63) is 22.4 Å². The molecule has 0 bridgehead atoms. The summed E-state index contributed by atoms with van der Waals surface area (Å²) in [6, 6.07) is 3.90. The SMILES string of the molecule is CC1CNCCC1NC(=O)CCC(=O)c1cccs1.Cl. The van der Waals surface area contributed by atoms with Gasteiger partial charge in [-0.1, -0.05) is 13.0 Å². The monoisotopic (exact) mass is 316 g/mol. The van der Waals surface area contributed by atoms with Gasteiger partial charge in [-0.05, 0) is 36.9 Å². The number of thiophene rings is 1. The summed E-state index contributed by atoms with van der Waals surface area (Å²) in [5, 5.41) is 8.22. The molecule has 2 rings (SSSR count). The molecular formula is C14H21ClN2O2S. The molecule has 2 N–H and O–H groups in total. The molecule has 2 unspecified atom stereocenters. The molecule has 1 amide bonds. The summed E-state index contributed by atoms with van der Waals surface area (Å²) in [4.78, 5) is 24.4. The Bertz CT molecular complexity index is 436. The van der Waals surface area contributed by atoms with Crippen molar-refractivity contribution in [3.63, 3.8) is 0 Å². The molecule has 0 aromatic carbocycles. The maximum absolute atomic E-state index is 11.9. The Balaban J connectivity index is 0.00000200. The van der Waals surface area contributed by atoms with Crippen LogP contribution in [0.25, 0.3) is 0 Å². The molecule has 1 saturated heterocycles. The minimum absolute atomic E-state index is 0. The third kappa shape index (κ3) is 4.89. The zero-order chi connectivity index (χ0) is 13.7. The van der Waals surface area contributed by atoms with Gasteiger partial charge in [0.25, 0.3) is 0 Å². The van der Waals surface area contributed by atoms with E-state index in [1.165, 1.54) is 11.3 Å². The third-order valence-electron chi connectivity index (χ3n) is 3.51. The van der Waals surface area contributed by atoms with Crippen LogP contribution in [0, 0.1) is 5.92 Å². The Hall–Kier alpha value is -0.910. The van der Waals surface area contributed by atoms with Crippen molar-refractivity contribution >= 4 is 35.4 Å². The first-order valence-corrected chi connectivity index (χ1v) is 7.61. The fourth-order valence-corrected chi connectivity index (χ4v) is 2.99. The fraction of sp³-hybridized carbons (Fsp3) is 0.571. The normalized spacial score (nSPS) is 21.9. The lowest BCUT2D eigenvalue weighted by molar-refractivity contribution is -0.122. The van der Waals surface area contributed by atoms with E-state index in [4.69, 9.17) is 0 Å². The Kier molecular flexibility index (Phi) is 7.19. The molecule has 1 aromatic rings. The molecule has 6 heteroatoms. The molecule has 2 heterocycles. The molecule has 0 radical (unpaired) electrons. The standard InChI is InChI=1S/C14H20N2O2S.ClH/c1-10-9-15-7-6-11(10)16-14(18)5-4-12(17)13-3-2-8-19-13;/h2-3,8,10-11,15H,4-7,9H2,1H3,(H,16,18);1H. The van der Waals surface area contributed by atoms with Crippen LogP contribution in [-0.4, -0.2) is 30.8 Å². The molecule has 2 atom stereocenters. The van der Waals surface area contributed by atoms with Crippen LogP contribution in [0.5, 0.6) is 0 Å². The van der Waals surface area contributed by atoms with Crippen molar-refractivity contribution in [2.45, 2.75) is 32.2 Å². The molecular weight excluding hydrogens is 296 g/mol. The van der Waals surface area contributed by atoms with Gasteiger partial charge >= 0.3 is 0 Å². The van der Waals surface area contributed by atoms with Gasteiger partial charge in [-0.15, -0.1) is 23.7 Å². The number of halogens is 1. The summed E-state index contributed by atoms with van der Waals surface area (Å²) < 4.78 is 0. The van der Waals surface area contributed by atoms with E-state index in [-0.39, 0.29) is 36.6 Å². The summed E-state index contributed by atoms with van der Waals surface area (Å²) in [5.74, 6) is 0.498. The van der Waals surface area contributed by atoms with E-state index in [9.17, 15) is 9.59 Å². The van der Waals surface area contributed by atoms with E-state index < -0.39 is 0 Å². The number of amides is 1. The van der Waals surface area contributed by atoms with Gasteiger partial charge in [0.05, 0.1) is 4.88 Å². The van der Waals surface area contributed by atoms with Gasteiger partial charge in [-0.3, -0.25) is 9.59 Å². The van der Waals surface area contributed by atoms with Gasteiger partial charge in [0, 0.05) is 18.9 Å². The highest BCUT2D eigenvalue weighted by atomic mass is 35.5. The van der Waals surface area contributed by atoms with Gasteiger partial charge in [0.15, 0.2) is 5.78 Å². The second kappa shape index (κ2) is 8.39. The van der Waals surface area contributed by atoms with Crippen LogP contribution in [0.15, 0.2) is 17.5 Å². The maximum atomic E-state index is 11.9. The quantitative estimate of drug-likeness (QED) is 0.819. The Morgan fingerprint density at radius 2 is 2.25 bits per heavy atom. The van der Waals surface area contributed by atoms with E-state index >= 15 is 0 Å². The minimum Gasteiger partial charge on any atom is -0.353 e. The topological polar surface area (TPSA) is 58.2 Å². The molecule has 0 spiro atoms. The molecule has 112 valence electrons. The van der Waals surface area contributed by atoms with Gasteiger partial charge < -0.3 is 10.6 Å². The minimum atomic E-state index is -0.0105. The van der Waals surface area contributed by atoms with E-state index in [0.717, 1.165) is 24.4 Å². The second-order valence-corrected chi connectivity index (χ2v) is 5.99. The Labute approximate surface area is 129 Å². The summed E-state index contributed by atoms with van der Waals surface area (Å²) >= 11 is 1.43. The number of carbonyl (C=O) groups is 2. The van der Waals surface area contributed by atoms with Crippen molar-refractivity contribution in [3.8, 4) is 0 Å². The van der Waals surface area contributed by atoms with Gasteiger partial charge in [-0.25, -0.2) is 0 Å². The van der Waals surface area contributed by atoms with Crippen molar-refractivity contribution in [2.75, 3.05) is 13.1 Å². The number of ketones is 1. The van der Waals surface area contributed by atoms with Crippen molar-refractivity contribution in [1.82, 2.24) is 10.6 Å². The first kappa shape index (κ1) is 17.1. The number of rotatable bonds is 5. The number of Topliss-reactive ketones (excluding diaryl/α,β-unsaturated/α-hetero) is 1. The smallest absolute Gasteiger partial charge is 0.220 e. The van der Waals surface area contributed by atoms with Crippen molar-refractivity contribution < 1.29 is 9.59 Å². The number of nitrogens with one attached hydrogen (secondary N) is 2. The number of carbonyl (C=O) groups excluding carboxylic acids is 2. The molecule has 20 heavy (non-hydrogen) atoms. The van der Waals surface area contributed by atoms with E-state index in [1.807, 2.05) is 11.4 Å². The van der Waals surface area contributed by atoms with Crippen LogP contribution < -0.4 is 10.6 Å². The van der Waals surface area contributed by atoms with Crippen molar-refractivity contribution in [2.24, 2.45) is 5.92 Å². The first-order valence-electron chi connectivity index (χ1n) is 6.73. The van der Waals surface area contributed by atoms with Crippen LogP contribution in [0.4, 0.5) is 0 Å². The molecule has 0 aliphatic carbocycles. The number of hydrogen-bond donors (Lipinski definition) is 2. The summed E-state index contributed by atoms with van der Waals surface area (Å²) in [7, 11) is 0. The van der Waals surface area contributed by atoms with Gasteiger partial charge in [0.2, 0.25) is 5.91 Å². The van der Waals surface area contributed by atoms with Crippen LogP contribution >= 0.6 is 23.7 Å². The summed E-state index contributed by atoms with van der Waals surface area (Å²) in [6.45, 7) is 4.02. The molecule has 0 saturated carbocycles. The average Bonchev–Trinajstić information content (AvgIpc) is 2.93. The van der Waals surface area contributed by atoms with Gasteiger partial charge in [0.1, 0.15) is 0 Å². The molecule has 4 nitrogen and oxygen atoms in total. The Morgan fingerprint density at radius 3 is 2.90 bits per heavy atom. The van der Waals surface area contributed by atoms with Crippen LogP contribution in [-0.2, 0) is 4.79 Å². The fourth-order valence-electron chi connectivity index (χ4n) is 2.29. The Morgan fingerprint density at radius 1 is 1.45 bits per heavy atom. The summed E-state index contributed by atoms with van der Waals surface area (Å²) in [5.41, 5.74) is 0. The average molecular weight is 317 g/mol. The first-order chi connectivity index (χ1) is 9.16. The van der Waals surface area contributed by atoms with Crippen LogP contribution in [0.1, 0.15) is 35.9 Å². The van der Waals surface area contributed by atoms with Crippen LogP contribution in [0.2, 0.25) is 0 Å². The largest absolute Gasteiger partial charge is 0.353 e. The molecule has 1 fully saturated rings. The zero-order valence-electron chi connectivity index (χ0n) is 11.6. The number of hydrogen-bond acceptors (Lipinski definition) is 4.